The van der Waals surface area contributed by atoms with E-state index < -0.39 is 0 Å². The highest BCUT2D eigenvalue weighted by molar-refractivity contribution is 4.93. The molecule has 2 heterocycles. The summed E-state index contributed by atoms with van der Waals surface area (Å²) in [5, 5.41) is 9.69. The monoisotopic (exact) mass is 183 g/mol. The van der Waals surface area contributed by atoms with Gasteiger partial charge in [0.25, 0.3) is 0 Å². The minimum absolute atomic E-state index is 0.0229. The second kappa shape index (κ2) is 3.58. The molecular formula is C11H21NO. The second-order valence-corrected chi connectivity index (χ2v) is 4.90. The van der Waals surface area contributed by atoms with Crippen molar-refractivity contribution >= 4 is 0 Å². The maximum absolute atomic E-state index is 9.69. The molecule has 0 radical (unpaired) electrons. The van der Waals surface area contributed by atoms with Crippen molar-refractivity contribution in [1.82, 2.24) is 4.90 Å². The Morgan fingerprint density at radius 2 is 1.69 bits per heavy atom. The first-order chi connectivity index (χ1) is 6.18. The van der Waals surface area contributed by atoms with Gasteiger partial charge in [-0.1, -0.05) is 6.42 Å². The number of hydrogen-bond acceptors (Lipinski definition) is 2. The lowest BCUT2D eigenvalue weighted by Gasteiger charge is -2.50. The van der Waals surface area contributed by atoms with Crippen LogP contribution in [-0.2, 0) is 0 Å². The first-order valence-electron chi connectivity index (χ1n) is 5.64. The molecule has 2 aliphatic rings. The summed E-state index contributed by atoms with van der Waals surface area (Å²) in [6.45, 7) is 4.56. The van der Waals surface area contributed by atoms with Crippen molar-refractivity contribution in [1.29, 1.82) is 0 Å². The zero-order valence-corrected chi connectivity index (χ0v) is 8.74. The van der Waals surface area contributed by atoms with Crippen LogP contribution >= 0.6 is 0 Å². The van der Waals surface area contributed by atoms with E-state index in [2.05, 4.69) is 18.7 Å². The Morgan fingerprint density at radius 1 is 1.15 bits per heavy atom. The Morgan fingerprint density at radius 3 is 2.15 bits per heavy atom. The lowest BCUT2D eigenvalue weighted by Crippen LogP contribution is -2.56. The predicted molar refractivity (Wildman–Crippen MR) is 53.6 cm³/mol. The number of hydrogen-bond donors (Lipinski definition) is 1. The maximum atomic E-state index is 9.69. The zero-order valence-electron chi connectivity index (χ0n) is 8.74. The van der Waals surface area contributed by atoms with Crippen LogP contribution in [0.5, 0.6) is 0 Å². The second-order valence-electron chi connectivity index (χ2n) is 4.90. The van der Waals surface area contributed by atoms with Crippen LogP contribution in [0.25, 0.3) is 0 Å². The van der Waals surface area contributed by atoms with Crippen molar-refractivity contribution in [3.8, 4) is 0 Å². The van der Waals surface area contributed by atoms with Crippen LogP contribution < -0.4 is 0 Å². The normalized spacial score (nSPS) is 41.1. The van der Waals surface area contributed by atoms with Crippen LogP contribution in [0, 0.1) is 0 Å². The molecule has 0 aromatic heterocycles. The maximum Gasteiger partial charge on any atom is 0.0570 e. The van der Waals surface area contributed by atoms with Gasteiger partial charge in [0.1, 0.15) is 0 Å². The zero-order chi connectivity index (χ0) is 9.42. The summed E-state index contributed by atoms with van der Waals surface area (Å²) in [6.07, 6.45) is 5.96. The van der Waals surface area contributed by atoms with Crippen LogP contribution in [-0.4, -0.2) is 34.2 Å². The number of piperidine rings is 2. The van der Waals surface area contributed by atoms with Crippen molar-refractivity contribution in [2.24, 2.45) is 0 Å². The highest BCUT2D eigenvalue weighted by Gasteiger charge is 2.38. The van der Waals surface area contributed by atoms with E-state index >= 15 is 0 Å². The molecular weight excluding hydrogens is 162 g/mol. The average Bonchev–Trinajstić information content (AvgIpc) is 2.01. The summed E-state index contributed by atoms with van der Waals surface area (Å²) in [5.41, 5.74) is 0. The minimum atomic E-state index is -0.0229. The molecule has 2 bridgehead atoms. The number of aliphatic hydroxyl groups excluding tert-OH is 1. The molecule has 1 unspecified atom stereocenters. The Labute approximate surface area is 80.9 Å². The third kappa shape index (κ3) is 1.75. The largest absolute Gasteiger partial charge is 0.393 e. The van der Waals surface area contributed by atoms with Crippen molar-refractivity contribution in [3.05, 3.63) is 0 Å². The molecule has 2 heteroatoms. The Bertz CT molecular complexity index is 167. The summed E-state index contributed by atoms with van der Waals surface area (Å²) in [6, 6.07) is 1.99. The van der Waals surface area contributed by atoms with Gasteiger partial charge in [-0.25, -0.2) is 0 Å². The van der Waals surface area contributed by atoms with Crippen LogP contribution in [0.4, 0.5) is 0 Å². The number of fused-ring (bicyclic) bond motifs is 2. The average molecular weight is 183 g/mol. The number of rotatable bonds is 1. The van der Waals surface area contributed by atoms with Gasteiger partial charge < -0.3 is 5.11 Å². The molecule has 0 aromatic rings. The Balaban J connectivity index is 2.10. The van der Waals surface area contributed by atoms with Crippen LogP contribution in [0.2, 0.25) is 0 Å². The molecule has 0 aliphatic carbocycles. The van der Waals surface area contributed by atoms with Gasteiger partial charge in [0.15, 0.2) is 0 Å². The summed E-state index contributed by atoms with van der Waals surface area (Å²) >= 11 is 0. The molecule has 0 aromatic carbocycles. The highest BCUT2D eigenvalue weighted by atomic mass is 16.3. The lowest BCUT2D eigenvalue weighted by atomic mass is 9.82. The van der Waals surface area contributed by atoms with Gasteiger partial charge in [0, 0.05) is 18.1 Å². The van der Waals surface area contributed by atoms with E-state index in [9.17, 15) is 5.11 Å². The molecule has 2 aliphatic heterocycles. The predicted octanol–water partition coefficient (Wildman–Crippen LogP) is 1.77. The molecule has 2 saturated heterocycles. The lowest BCUT2D eigenvalue weighted by molar-refractivity contribution is -0.0429. The smallest absolute Gasteiger partial charge is 0.0570 e. The van der Waals surface area contributed by atoms with E-state index in [-0.39, 0.29) is 6.10 Å². The molecule has 0 saturated carbocycles. The third-order valence-corrected chi connectivity index (χ3v) is 3.60. The quantitative estimate of drug-likeness (QED) is 0.669. The standard InChI is InChI=1S/C11H21NO/c1-8(2)12-9-4-3-5-10(12)7-11(13)6-9/h8-11,13H,3-7H2,1-2H3/t9-,10+,11?. The molecule has 2 fully saturated rings. The van der Waals surface area contributed by atoms with Gasteiger partial charge in [-0.3, -0.25) is 4.90 Å². The fourth-order valence-corrected chi connectivity index (χ4v) is 3.23. The van der Waals surface area contributed by atoms with Gasteiger partial charge in [-0.15, -0.1) is 0 Å². The van der Waals surface area contributed by atoms with Crippen LogP contribution in [0.15, 0.2) is 0 Å². The van der Waals surface area contributed by atoms with Gasteiger partial charge in [-0.05, 0) is 39.5 Å². The van der Waals surface area contributed by atoms with E-state index in [0.717, 1.165) is 12.8 Å². The SMILES string of the molecule is CC(C)N1[C@@H]2CCC[C@H]1CC(O)C2. The van der Waals surface area contributed by atoms with E-state index in [1.54, 1.807) is 0 Å². The molecule has 0 spiro atoms. The fourth-order valence-electron chi connectivity index (χ4n) is 3.23. The van der Waals surface area contributed by atoms with Gasteiger partial charge >= 0.3 is 0 Å². The van der Waals surface area contributed by atoms with Crippen molar-refractivity contribution in [2.45, 2.75) is 70.2 Å². The van der Waals surface area contributed by atoms with E-state index in [0.29, 0.717) is 18.1 Å². The van der Waals surface area contributed by atoms with Crippen molar-refractivity contribution in [2.75, 3.05) is 0 Å². The first kappa shape index (κ1) is 9.47. The molecule has 0 amide bonds. The van der Waals surface area contributed by atoms with Gasteiger partial charge in [0.2, 0.25) is 0 Å². The molecule has 2 nitrogen and oxygen atoms in total. The Kier molecular flexibility index (Phi) is 2.61. The van der Waals surface area contributed by atoms with Gasteiger partial charge in [0.05, 0.1) is 6.10 Å². The first-order valence-corrected chi connectivity index (χ1v) is 5.64. The number of aliphatic hydroxyl groups is 1. The van der Waals surface area contributed by atoms with Gasteiger partial charge in [-0.2, -0.15) is 0 Å². The summed E-state index contributed by atoms with van der Waals surface area (Å²) in [5.74, 6) is 0. The van der Waals surface area contributed by atoms with Crippen LogP contribution in [0.1, 0.15) is 46.0 Å². The highest BCUT2D eigenvalue weighted by Crippen LogP contribution is 2.35. The minimum Gasteiger partial charge on any atom is -0.393 e. The number of nitrogens with zero attached hydrogens (tertiary/aromatic N) is 1. The molecule has 2 rings (SSSR count). The fraction of sp³-hybridized carbons (Fsp3) is 1.00. The van der Waals surface area contributed by atoms with E-state index in [1.165, 1.54) is 19.3 Å². The summed E-state index contributed by atoms with van der Waals surface area (Å²) in [7, 11) is 0. The van der Waals surface area contributed by atoms with Crippen LogP contribution in [0.3, 0.4) is 0 Å². The van der Waals surface area contributed by atoms with E-state index in [1.807, 2.05) is 0 Å². The third-order valence-electron chi connectivity index (χ3n) is 3.60. The van der Waals surface area contributed by atoms with E-state index in [4.69, 9.17) is 0 Å². The van der Waals surface area contributed by atoms with Crippen molar-refractivity contribution < 1.29 is 5.11 Å². The summed E-state index contributed by atoms with van der Waals surface area (Å²) < 4.78 is 0. The molecule has 13 heavy (non-hydrogen) atoms. The topological polar surface area (TPSA) is 23.5 Å². The molecule has 1 N–H and O–H groups in total. The summed E-state index contributed by atoms with van der Waals surface area (Å²) in [4.78, 5) is 2.64. The molecule has 76 valence electrons. The Hall–Kier alpha value is -0.0800. The van der Waals surface area contributed by atoms with Crippen molar-refractivity contribution in [3.63, 3.8) is 0 Å². The molecule has 3 atom stereocenters.